The van der Waals surface area contributed by atoms with Crippen LogP contribution in [0.25, 0.3) is 0 Å². The smallest absolute Gasteiger partial charge is 0.234 e. The van der Waals surface area contributed by atoms with Crippen LogP contribution in [0.1, 0.15) is 6.92 Å². The Labute approximate surface area is 115 Å². The Morgan fingerprint density at radius 3 is 2.26 bits per heavy atom. The largest absolute Gasteiger partial charge is 0.508 e. The fraction of sp³-hybridized carbons (Fsp3) is 0.0714. The molecule has 2 aromatic rings. The van der Waals surface area contributed by atoms with Crippen molar-refractivity contribution in [2.75, 3.05) is 4.31 Å². The summed E-state index contributed by atoms with van der Waals surface area (Å²) in [5.74, 6) is 0.0728. The maximum atomic E-state index is 11.7. The van der Waals surface area contributed by atoms with E-state index in [4.69, 9.17) is 0 Å². The molecule has 2 N–H and O–H groups in total. The minimum atomic E-state index is -0.168. The fourth-order valence-electron chi connectivity index (χ4n) is 1.56. The van der Waals surface area contributed by atoms with Gasteiger partial charge in [-0.15, -0.1) is 0 Å². The molecule has 0 bridgehead atoms. The molecule has 0 heterocycles. The van der Waals surface area contributed by atoms with Crippen LogP contribution in [0, 0.1) is 0 Å². The molecular formula is C14H13NO3S. The summed E-state index contributed by atoms with van der Waals surface area (Å²) in [5, 5.41) is 18.9. The van der Waals surface area contributed by atoms with Gasteiger partial charge in [0.05, 0.1) is 5.69 Å². The number of amides is 1. The number of benzene rings is 2. The SMILES string of the molecule is CC(=O)N(Sc1cccc(O)c1)c1cccc(O)c1. The van der Waals surface area contributed by atoms with Gasteiger partial charge in [0.1, 0.15) is 11.5 Å². The third-order valence-electron chi connectivity index (χ3n) is 2.36. The summed E-state index contributed by atoms with van der Waals surface area (Å²) in [4.78, 5) is 12.4. The Morgan fingerprint density at radius 2 is 1.68 bits per heavy atom. The quantitative estimate of drug-likeness (QED) is 0.845. The number of aromatic hydroxyl groups is 2. The van der Waals surface area contributed by atoms with Gasteiger partial charge in [0.25, 0.3) is 0 Å². The van der Waals surface area contributed by atoms with Crippen LogP contribution in [0.4, 0.5) is 5.69 Å². The third kappa shape index (κ3) is 3.42. The van der Waals surface area contributed by atoms with Crippen molar-refractivity contribution in [3.8, 4) is 11.5 Å². The average molecular weight is 275 g/mol. The third-order valence-corrected chi connectivity index (χ3v) is 3.48. The monoisotopic (exact) mass is 275 g/mol. The molecule has 0 saturated heterocycles. The summed E-state index contributed by atoms with van der Waals surface area (Å²) in [7, 11) is 0. The lowest BCUT2D eigenvalue weighted by atomic mass is 10.3. The summed E-state index contributed by atoms with van der Waals surface area (Å²) >= 11 is 1.19. The van der Waals surface area contributed by atoms with E-state index in [1.807, 2.05) is 0 Å². The molecule has 0 atom stereocenters. The van der Waals surface area contributed by atoms with E-state index < -0.39 is 0 Å². The molecule has 1 amide bonds. The van der Waals surface area contributed by atoms with Crippen molar-refractivity contribution in [1.29, 1.82) is 0 Å². The number of rotatable bonds is 3. The van der Waals surface area contributed by atoms with Crippen LogP contribution in [0.15, 0.2) is 53.4 Å². The van der Waals surface area contributed by atoms with Gasteiger partial charge in [0, 0.05) is 17.9 Å². The van der Waals surface area contributed by atoms with Crippen LogP contribution in [-0.4, -0.2) is 16.1 Å². The van der Waals surface area contributed by atoms with Gasteiger partial charge in [0.15, 0.2) is 0 Å². The molecular weight excluding hydrogens is 262 g/mol. The van der Waals surface area contributed by atoms with E-state index in [0.29, 0.717) is 5.69 Å². The molecule has 2 aromatic carbocycles. The molecule has 2 rings (SSSR count). The van der Waals surface area contributed by atoms with Crippen molar-refractivity contribution in [3.63, 3.8) is 0 Å². The number of hydrogen-bond donors (Lipinski definition) is 2. The number of nitrogens with zero attached hydrogens (tertiary/aromatic N) is 1. The van der Waals surface area contributed by atoms with Crippen LogP contribution in [0.3, 0.4) is 0 Å². The highest BCUT2D eigenvalue weighted by molar-refractivity contribution is 8.01. The van der Waals surface area contributed by atoms with Crippen LogP contribution < -0.4 is 4.31 Å². The van der Waals surface area contributed by atoms with Gasteiger partial charge in [-0.05, 0) is 42.3 Å². The van der Waals surface area contributed by atoms with Gasteiger partial charge in [-0.25, -0.2) is 4.31 Å². The lowest BCUT2D eigenvalue weighted by Crippen LogP contribution is -2.20. The number of phenolic OH excluding ortho intramolecular Hbond substituents is 2. The van der Waals surface area contributed by atoms with Gasteiger partial charge >= 0.3 is 0 Å². The maximum absolute atomic E-state index is 11.7. The van der Waals surface area contributed by atoms with E-state index >= 15 is 0 Å². The van der Waals surface area contributed by atoms with Crippen molar-refractivity contribution in [3.05, 3.63) is 48.5 Å². The second-order valence-corrected chi connectivity index (χ2v) is 4.94. The molecule has 0 aliphatic heterocycles. The first-order valence-corrected chi connectivity index (χ1v) is 6.40. The van der Waals surface area contributed by atoms with Crippen LogP contribution in [0.5, 0.6) is 11.5 Å². The second kappa shape index (κ2) is 5.67. The van der Waals surface area contributed by atoms with E-state index in [2.05, 4.69) is 0 Å². The topological polar surface area (TPSA) is 60.8 Å². The Morgan fingerprint density at radius 1 is 1.05 bits per heavy atom. The summed E-state index contributed by atoms with van der Waals surface area (Å²) in [6.07, 6.45) is 0. The number of anilines is 1. The van der Waals surface area contributed by atoms with Crippen molar-refractivity contribution in [1.82, 2.24) is 0 Å². The molecule has 0 spiro atoms. The molecule has 0 unspecified atom stereocenters. The molecule has 5 heteroatoms. The molecule has 19 heavy (non-hydrogen) atoms. The van der Waals surface area contributed by atoms with Gasteiger partial charge in [-0.1, -0.05) is 12.1 Å². The van der Waals surface area contributed by atoms with Crippen molar-refractivity contribution < 1.29 is 15.0 Å². The molecule has 4 nitrogen and oxygen atoms in total. The molecule has 0 saturated carbocycles. The van der Waals surface area contributed by atoms with E-state index in [-0.39, 0.29) is 17.4 Å². The zero-order chi connectivity index (χ0) is 13.8. The molecule has 98 valence electrons. The van der Waals surface area contributed by atoms with Gasteiger partial charge in [-0.2, -0.15) is 0 Å². The summed E-state index contributed by atoms with van der Waals surface area (Å²) in [6, 6.07) is 13.1. The van der Waals surface area contributed by atoms with E-state index in [1.165, 1.54) is 29.2 Å². The lowest BCUT2D eigenvalue weighted by molar-refractivity contribution is -0.115. The number of carbonyl (C=O) groups is 1. The summed E-state index contributed by atoms with van der Waals surface area (Å²) < 4.78 is 1.45. The Kier molecular flexibility index (Phi) is 3.97. The first-order chi connectivity index (χ1) is 9.06. The number of carbonyl (C=O) groups excluding carboxylic acids is 1. The first kappa shape index (κ1) is 13.3. The van der Waals surface area contributed by atoms with Crippen LogP contribution in [0.2, 0.25) is 0 Å². The molecule has 0 aliphatic rings. The van der Waals surface area contributed by atoms with Crippen LogP contribution in [-0.2, 0) is 4.79 Å². The van der Waals surface area contributed by atoms with E-state index in [0.717, 1.165) is 4.90 Å². The number of phenols is 2. The first-order valence-electron chi connectivity index (χ1n) is 5.63. The Hall–Kier alpha value is -2.14. The van der Waals surface area contributed by atoms with Gasteiger partial charge in [0.2, 0.25) is 5.91 Å². The standard InChI is InChI=1S/C14H13NO3S/c1-10(16)15(11-4-2-5-12(17)8-11)19-14-7-3-6-13(18)9-14/h2-9,17-18H,1H3. The average Bonchev–Trinajstić information content (AvgIpc) is 2.35. The molecule has 0 fully saturated rings. The van der Waals surface area contributed by atoms with Crippen molar-refractivity contribution in [2.45, 2.75) is 11.8 Å². The highest BCUT2D eigenvalue weighted by Crippen LogP contribution is 2.32. The molecule has 0 aliphatic carbocycles. The lowest BCUT2D eigenvalue weighted by Gasteiger charge is -2.19. The predicted molar refractivity (Wildman–Crippen MR) is 75.2 cm³/mol. The normalized spacial score (nSPS) is 10.2. The Bertz CT molecular complexity index is 601. The van der Waals surface area contributed by atoms with Crippen molar-refractivity contribution >= 4 is 23.5 Å². The van der Waals surface area contributed by atoms with Crippen LogP contribution >= 0.6 is 11.9 Å². The zero-order valence-corrected chi connectivity index (χ0v) is 11.1. The van der Waals surface area contributed by atoms with Crippen molar-refractivity contribution in [2.24, 2.45) is 0 Å². The highest BCUT2D eigenvalue weighted by atomic mass is 32.2. The second-order valence-electron chi connectivity index (χ2n) is 3.92. The minimum Gasteiger partial charge on any atom is -0.508 e. The molecule has 0 radical (unpaired) electrons. The van der Waals surface area contributed by atoms with E-state index in [9.17, 15) is 15.0 Å². The van der Waals surface area contributed by atoms with Gasteiger partial charge < -0.3 is 10.2 Å². The minimum absolute atomic E-state index is 0.0975. The predicted octanol–water partition coefficient (Wildman–Crippen LogP) is 3.16. The van der Waals surface area contributed by atoms with Gasteiger partial charge in [-0.3, -0.25) is 4.79 Å². The fourth-order valence-corrected chi connectivity index (χ4v) is 2.44. The highest BCUT2D eigenvalue weighted by Gasteiger charge is 2.14. The Balaban J connectivity index is 2.29. The summed E-state index contributed by atoms with van der Waals surface area (Å²) in [5.41, 5.74) is 0.584. The maximum Gasteiger partial charge on any atom is 0.234 e. The number of hydrogen-bond acceptors (Lipinski definition) is 4. The summed E-state index contributed by atoms with van der Waals surface area (Å²) in [6.45, 7) is 1.44. The zero-order valence-electron chi connectivity index (χ0n) is 10.3. The molecule has 0 aromatic heterocycles. The van der Waals surface area contributed by atoms with E-state index in [1.54, 1.807) is 42.5 Å².